The standard InChI is InChI=1S/C16H17N5O/c1-10(20-12(3)22)13-4-6-14(7-5-13)21-9-19-15-11(2)17-8-18-16(15)21/h4-10H,1-3H3,(H,20,22)/t10-/m1/s1. The van der Waals surface area contributed by atoms with Crippen LogP contribution in [0.2, 0.25) is 0 Å². The summed E-state index contributed by atoms with van der Waals surface area (Å²) in [6.45, 7) is 5.39. The zero-order valence-electron chi connectivity index (χ0n) is 12.7. The van der Waals surface area contributed by atoms with Crippen molar-refractivity contribution in [3.8, 4) is 5.69 Å². The van der Waals surface area contributed by atoms with Gasteiger partial charge in [-0.05, 0) is 31.5 Å². The number of amides is 1. The third kappa shape index (κ3) is 2.55. The highest BCUT2D eigenvalue weighted by atomic mass is 16.1. The van der Waals surface area contributed by atoms with Crippen LogP contribution in [0.25, 0.3) is 16.9 Å². The summed E-state index contributed by atoms with van der Waals surface area (Å²) in [4.78, 5) is 24.0. The molecule has 0 spiro atoms. The molecule has 0 saturated carbocycles. The molecule has 0 unspecified atom stereocenters. The van der Waals surface area contributed by atoms with Gasteiger partial charge < -0.3 is 5.32 Å². The molecule has 0 saturated heterocycles. The van der Waals surface area contributed by atoms with Gasteiger partial charge >= 0.3 is 0 Å². The third-order valence-electron chi connectivity index (χ3n) is 3.61. The van der Waals surface area contributed by atoms with Crippen LogP contribution in [-0.2, 0) is 4.79 Å². The third-order valence-corrected chi connectivity index (χ3v) is 3.61. The van der Waals surface area contributed by atoms with E-state index in [0.29, 0.717) is 0 Å². The summed E-state index contributed by atoms with van der Waals surface area (Å²) >= 11 is 0. The molecule has 0 radical (unpaired) electrons. The van der Waals surface area contributed by atoms with Gasteiger partial charge in [0.25, 0.3) is 0 Å². The number of carbonyl (C=O) groups excluding carboxylic acids is 1. The molecule has 1 N–H and O–H groups in total. The summed E-state index contributed by atoms with van der Waals surface area (Å²) in [5.41, 5.74) is 4.47. The number of hydrogen-bond donors (Lipinski definition) is 1. The second kappa shape index (κ2) is 5.55. The molecule has 3 rings (SSSR count). The van der Waals surface area contributed by atoms with Crippen molar-refractivity contribution in [2.75, 3.05) is 0 Å². The van der Waals surface area contributed by atoms with Gasteiger partial charge in [0, 0.05) is 12.6 Å². The molecule has 3 aromatic rings. The SMILES string of the molecule is CC(=O)N[C@H](C)c1ccc(-n2cnc3c(C)ncnc32)cc1. The molecule has 2 heterocycles. The molecule has 0 bridgehead atoms. The summed E-state index contributed by atoms with van der Waals surface area (Å²) in [7, 11) is 0. The van der Waals surface area contributed by atoms with Crippen LogP contribution in [0.3, 0.4) is 0 Å². The van der Waals surface area contributed by atoms with E-state index >= 15 is 0 Å². The first-order valence-electron chi connectivity index (χ1n) is 7.08. The van der Waals surface area contributed by atoms with E-state index in [2.05, 4.69) is 20.3 Å². The Morgan fingerprint density at radius 1 is 1.18 bits per heavy atom. The number of aromatic nitrogens is 4. The molecule has 6 heteroatoms. The predicted molar refractivity (Wildman–Crippen MR) is 83.6 cm³/mol. The van der Waals surface area contributed by atoms with Crippen molar-refractivity contribution >= 4 is 17.1 Å². The molecular weight excluding hydrogens is 278 g/mol. The summed E-state index contributed by atoms with van der Waals surface area (Å²) in [5, 5.41) is 2.87. The summed E-state index contributed by atoms with van der Waals surface area (Å²) in [5.74, 6) is -0.0376. The largest absolute Gasteiger partial charge is 0.350 e. The maximum atomic E-state index is 11.1. The Hall–Kier alpha value is -2.76. The van der Waals surface area contributed by atoms with Crippen LogP contribution in [0.15, 0.2) is 36.9 Å². The zero-order chi connectivity index (χ0) is 15.7. The van der Waals surface area contributed by atoms with Gasteiger partial charge in [0.15, 0.2) is 5.65 Å². The first-order chi connectivity index (χ1) is 10.6. The van der Waals surface area contributed by atoms with Crippen molar-refractivity contribution < 1.29 is 4.79 Å². The lowest BCUT2D eigenvalue weighted by Gasteiger charge is -2.13. The first kappa shape index (κ1) is 14.2. The smallest absolute Gasteiger partial charge is 0.217 e. The number of fused-ring (bicyclic) bond motifs is 1. The first-order valence-corrected chi connectivity index (χ1v) is 7.08. The molecule has 1 amide bonds. The predicted octanol–water partition coefficient (Wildman–Crippen LogP) is 2.32. The highest BCUT2D eigenvalue weighted by Gasteiger charge is 2.10. The second-order valence-corrected chi connectivity index (χ2v) is 5.26. The fourth-order valence-corrected chi connectivity index (χ4v) is 2.45. The van der Waals surface area contributed by atoms with Gasteiger partial charge in [0.05, 0.1) is 11.7 Å². The quantitative estimate of drug-likeness (QED) is 0.805. The number of aryl methyl sites for hydroxylation is 1. The van der Waals surface area contributed by atoms with Gasteiger partial charge in [0.1, 0.15) is 18.2 Å². The van der Waals surface area contributed by atoms with E-state index < -0.39 is 0 Å². The summed E-state index contributed by atoms with van der Waals surface area (Å²) in [6, 6.07) is 7.96. The summed E-state index contributed by atoms with van der Waals surface area (Å²) < 4.78 is 1.93. The van der Waals surface area contributed by atoms with Gasteiger partial charge in [-0.1, -0.05) is 12.1 Å². The van der Waals surface area contributed by atoms with Crippen molar-refractivity contribution in [3.05, 3.63) is 48.2 Å². The Kier molecular flexibility index (Phi) is 3.58. The Labute approximate surface area is 128 Å². The number of carbonyl (C=O) groups is 1. The van der Waals surface area contributed by atoms with E-state index in [1.807, 2.05) is 42.7 Å². The van der Waals surface area contributed by atoms with Crippen LogP contribution in [0.1, 0.15) is 31.1 Å². The number of nitrogens with one attached hydrogen (secondary N) is 1. The zero-order valence-corrected chi connectivity index (χ0v) is 12.7. The van der Waals surface area contributed by atoms with Crippen molar-refractivity contribution in [1.82, 2.24) is 24.8 Å². The van der Waals surface area contributed by atoms with E-state index in [0.717, 1.165) is 28.1 Å². The van der Waals surface area contributed by atoms with E-state index in [9.17, 15) is 4.79 Å². The topological polar surface area (TPSA) is 72.7 Å². The molecule has 1 aromatic carbocycles. The van der Waals surface area contributed by atoms with Crippen LogP contribution in [-0.4, -0.2) is 25.4 Å². The molecule has 0 fully saturated rings. The molecular formula is C16H17N5O. The lowest BCUT2D eigenvalue weighted by molar-refractivity contribution is -0.119. The van der Waals surface area contributed by atoms with Gasteiger partial charge in [-0.3, -0.25) is 9.36 Å². The van der Waals surface area contributed by atoms with Crippen LogP contribution in [0.4, 0.5) is 0 Å². The van der Waals surface area contributed by atoms with Crippen molar-refractivity contribution in [1.29, 1.82) is 0 Å². The fraction of sp³-hybridized carbons (Fsp3) is 0.250. The minimum absolute atomic E-state index is 0.0179. The number of imidazole rings is 1. The molecule has 2 aromatic heterocycles. The highest BCUT2D eigenvalue weighted by Crippen LogP contribution is 2.20. The van der Waals surface area contributed by atoms with Crippen molar-refractivity contribution in [2.24, 2.45) is 0 Å². The number of rotatable bonds is 3. The Morgan fingerprint density at radius 2 is 1.91 bits per heavy atom. The maximum Gasteiger partial charge on any atom is 0.217 e. The normalized spacial score (nSPS) is 12.3. The van der Waals surface area contributed by atoms with Crippen LogP contribution >= 0.6 is 0 Å². The summed E-state index contributed by atoms with van der Waals surface area (Å²) in [6.07, 6.45) is 3.29. The molecule has 1 atom stereocenters. The molecule has 0 aliphatic rings. The van der Waals surface area contributed by atoms with Gasteiger partial charge in [-0.25, -0.2) is 15.0 Å². The van der Waals surface area contributed by atoms with E-state index in [1.54, 1.807) is 12.7 Å². The minimum Gasteiger partial charge on any atom is -0.350 e. The molecule has 22 heavy (non-hydrogen) atoms. The monoisotopic (exact) mass is 295 g/mol. The van der Waals surface area contributed by atoms with Crippen molar-refractivity contribution in [3.63, 3.8) is 0 Å². The molecule has 0 aliphatic carbocycles. The van der Waals surface area contributed by atoms with Gasteiger partial charge in [-0.2, -0.15) is 0 Å². The lowest BCUT2D eigenvalue weighted by atomic mass is 10.1. The number of benzene rings is 1. The molecule has 0 aliphatic heterocycles. The Balaban J connectivity index is 1.95. The minimum atomic E-state index is -0.0376. The van der Waals surface area contributed by atoms with Gasteiger partial charge in [0.2, 0.25) is 5.91 Å². The van der Waals surface area contributed by atoms with E-state index in [1.165, 1.54) is 6.92 Å². The average Bonchev–Trinajstić information content (AvgIpc) is 2.92. The van der Waals surface area contributed by atoms with Crippen molar-refractivity contribution in [2.45, 2.75) is 26.8 Å². The lowest BCUT2D eigenvalue weighted by Crippen LogP contribution is -2.23. The average molecular weight is 295 g/mol. The van der Waals surface area contributed by atoms with Crippen LogP contribution in [0.5, 0.6) is 0 Å². The van der Waals surface area contributed by atoms with Crippen LogP contribution < -0.4 is 5.32 Å². The highest BCUT2D eigenvalue weighted by molar-refractivity contribution is 5.75. The number of hydrogen-bond acceptors (Lipinski definition) is 4. The van der Waals surface area contributed by atoms with Gasteiger partial charge in [-0.15, -0.1) is 0 Å². The molecule has 6 nitrogen and oxygen atoms in total. The number of nitrogens with zero attached hydrogens (tertiary/aromatic N) is 4. The molecule has 112 valence electrons. The van der Waals surface area contributed by atoms with E-state index in [4.69, 9.17) is 0 Å². The maximum absolute atomic E-state index is 11.1. The second-order valence-electron chi connectivity index (χ2n) is 5.26. The van der Waals surface area contributed by atoms with E-state index in [-0.39, 0.29) is 11.9 Å². The van der Waals surface area contributed by atoms with Crippen LogP contribution in [0, 0.1) is 6.92 Å². The Morgan fingerprint density at radius 3 is 2.59 bits per heavy atom. The Bertz CT molecular complexity index is 822. The fourth-order valence-electron chi connectivity index (χ4n) is 2.45.